The summed E-state index contributed by atoms with van der Waals surface area (Å²) in [7, 11) is 0. The van der Waals surface area contributed by atoms with Crippen LogP contribution in [-0.2, 0) is 13.0 Å². The van der Waals surface area contributed by atoms with Crippen molar-refractivity contribution in [1.82, 2.24) is 9.55 Å². The molecule has 0 saturated heterocycles. The number of nitrogens with zero attached hydrogens (tertiary/aromatic N) is 2. The van der Waals surface area contributed by atoms with Crippen LogP contribution in [0.1, 0.15) is 24.2 Å². The van der Waals surface area contributed by atoms with Crippen LogP contribution in [0.25, 0.3) is 28.5 Å². The molecule has 0 saturated carbocycles. The van der Waals surface area contributed by atoms with Crippen molar-refractivity contribution in [2.75, 3.05) is 0 Å². The van der Waals surface area contributed by atoms with Crippen LogP contribution in [0, 0.1) is 0 Å². The summed E-state index contributed by atoms with van der Waals surface area (Å²) in [6.07, 6.45) is 7.70. The van der Waals surface area contributed by atoms with E-state index in [9.17, 15) is 0 Å². The van der Waals surface area contributed by atoms with Crippen LogP contribution >= 0.6 is 12.4 Å². The predicted molar refractivity (Wildman–Crippen MR) is 103 cm³/mol. The summed E-state index contributed by atoms with van der Waals surface area (Å²) in [6.45, 7) is 4.90. The summed E-state index contributed by atoms with van der Waals surface area (Å²) in [4.78, 5) is 4.80. The summed E-state index contributed by atoms with van der Waals surface area (Å²) in [5, 5.41) is 0. The second kappa shape index (κ2) is 7.06. The van der Waals surface area contributed by atoms with Crippen molar-refractivity contribution in [3.05, 3.63) is 72.7 Å². The van der Waals surface area contributed by atoms with E-state index in [2.05, 4.69) is 65.9 Å². The Labute approximate surface area is 149 Å². The lowest BCUT2D eigenvalue weighted by Crippen LogP contribution is -2.08. The number of hydrogen-bond donors (Lipinski definition) is 0. The van der Waals surface area contributed by atoms with Gasteiger partial charge in [-0.2, -0.15) is 0 Å². The second-order valence-electron chi connectivity index (χ2n) is 6.10. The molecule has 0 spiro atoms. The minimum atomic E-state index is 0. The Hall–Kier alpha value is -2.32. The third-order valence-corrected chi connectivity index (χ3v) is 4.57. The van der Waals surface area contributed by atoms with Gasteiger partial charge < -0.3 is 4.57 Å². The molecule has 0 atom stereocenters. The third kappa shape index (κ3) is 3.15. The van der Waals surface area contributed by atoms with Crippen LogP contribution in [0.5, 0.6) is 0 Å². The van der Waals surface area contributed by atoms with Gasteiger partial charge in [-0.1, -0.05) is 61.2 Å². The van der Waals surface area contributed by atoms with Crippen LogP contribution in [0.3, 0.4) is 0 Å². The molecule has 0 unspecified atom stereocenters. The average Bonchev–Trinajstić information content (AvgIpc) is 3.06. The first-order valence-corrected chi connectivity index (χ1v) is 8.23. The van der Waals surface area contributed by atoms with Gasteiger partial charge in [0.1, 0.15) is 5.82 Å². The summed E-state index contributed by atoms with van der Waals surface area (Å²) in [5.74, 6) is 1.23. The zero-order valence-corrected chi connectivity index (χ0v) is 14.4. The van der Waals surface area contributed by atoms with Gasteiger partial charge in [-0.3, -0.25) is 0 Å². The fourth-order valence-electron chi connectivity index (χ4n) is 3.20. The number of aryl methyl sites for hydroxylation is 2. The lowest BCUT2D eigenvalue weighted by atomic mass is 10.0. The van der Waals surface area contributed by atoms with Gasteiger partial charge in [-0.25, -0.2) is 4.98 Å². The monoisotopic (exact) mass is 336 g/mol. The maximum Gasteiger partial charge on any atom is 0.109 e. The summed E-state index contributed by atoms with van der Waals surface area (Å²) >= 11 is 0. The van der Waals surface area contributed by atoms with Gasteiger partial charge in [-0.15, -0.1) is 12.4 Å². The number of imidazole rings is 1. The molecule has 0 bridgehead atoms. The number of fused-ring (bicyclic) bond motifs is 1. The Kier molecular flexibility index (Phi) is 4.86. The standard InChI is InChI=1S/C21H20N2.ClH/c1-2-16-6-8-17(9-7-16)18-10-12-19(13-11-18)20-15-23-14-4-3-5-21(23)22-20;/h2,6-13,15H,1,3-5,14H2;1H. The van der Waals surface area contributed by atoms with Crippen molar-refractivity contribution in [3.8, 4) is 22.4 Å². The molecule has 3 heteroatoms. The van der Waals surface area contributed by atoms with Gasteiger partial charge in [0, 0.05) is 24.7 Å². The third-order valence-electron chi connectivity index (χ3n) is 4.57. The zero-order valence-electron chi connectivity index (χ0n) is 13.6. The highest BCUT2D eigenvalue weighted by Crippen LogP contribution is 2.26. The first-order chi connectivity index (χ1) is 11.3. The molecule has 0 aliphatic carbocycles. The van der Waals surface area contributed by atoms with Crippen molar-refractivity contribution in [3.63, 3.8) is 0 Å². The fourth-order valence-corrected chi connectivity index (χ4v) is 3.20. The van der Waals surface area contributed by atoms with Crippen molar-refractivity contribution in [1.29, 1.82) is 0 Å². The second-order valence-corrected chi connectivity index (χ2v) is 6.10. The summed E-state index contributed by atoms with van der Waals surface area (Å²) < 4.78 is 2.31. The van der Waals surface area contributed by atoms with E-state index in [1.54, 1.807) is 0 Å². The minimum Gasteiger partial charge on any atom is -0.334 e. The van der Waals surface area contributed by atoms with Crippen molar-refractivity contribution < 1.29 is 0 Å². The van der Waals surface area contributed by atoms with E-state index >= 15 is 0 Å². The topological polar surface area (TPSA) is 17.8 Å². The van der Waals surface area contributed by atoms with E-state index in [1.807, 2.05) is 6.08 Å². The van der Waals surface area contributed by atoms with Gasteiger partial charge in [0.05, 0.1) is 5.69 Å². The molecule has 1 aliphatic heterocycles. The van der Waals surface area contributed by atoms with E-state index in [0.717, 1.165) is 24.2 Å². The van der Waals surface area contributed by atoms with Crippen molar-refractivity contribution >= 4 is 18.5 Å². The number of aromatic nitrogens is 2. The molecule has 2 heterocycles. The largest absolute Gasteiger partial charge is 0.334 e. The molecule has 0 radical (unpaired) electrons. The lowest BCUT2D eigenvalue weighted by molar-refractivity contribution is 0.522. The maximum absolute atomic E-state index is 4.80. The number of hydrogen-bond acceptors (Lipinski definition) is 1. The maximum atomic E-state index is 4.80. The molecular weight excluding hydrogens is 316 g/mol. The molecule has 0 amide bonds. The van der Waals surface area contributed by atoms with E-state index in [0.29, 0.717) is 0 Å². The Balaban J connectivity index is 0.00000169. The molecule has 2 nitrogen and oxygen atoms in total. The average molecular weight is 337 g/mol. The van der Waals surface area contributed by atoms with E-state index in [-0.39, 0.29) is 12.4 Å². The van der Waals surface area contributed by atoms with Crippen molar-refractivity contribution in [2.45, 2.75) is 25.8 Å². The zero-order chi connectivity index (χ0) is 15.6. The number of halogens is 1. The van der Waals surface area contributed by atoms with Crippen LogP contribution in [0.15, 0.2) is 61.3 Å². The highest BCUT2D eigenvalue weighted by atomic mass is 35.5. The fraction of sp³-hybridized carbons (Fsp3) is 0.190. The smallest absolute Gasteiger partial charge is 0.109 e. The molecule has 122 valence electrons. The lowest BCUT2D eigenvalue weighted by Gasteiger charge is -2.11. The highest BCUT2D eigenvalue weighted by Gasteiger charge is 2.13. The summed E-state index contributed by atoms with van der Waals surface area (Å²) in [5.41, 5.74) is 5.89. The SMILES string of the molecule is C=Cc1ccc(-c2ccc(-c3cn4c(n3)CCCC4)cc2)cc1.Cl. The molecular formula is C21H21ClN2. The van der Waals surface area contributed by atoms with E-state index < -0.39 is 0 Å². The molecule has 1 aliphatic rings. The van der Waals surface area contributed by atoms with Crippen LogP contribution in [0.4, 0.5) is 0 Å². The molecule has 0 N–H and O–H groups in total. The Morgan fingerprint density at radius 2 is 1.50 bits per heavy atom. The molecule has 1 aromatic heterocycles. The first-order valence-electron chi connectivity index (χ1n) is 8.23. The highest BCUT2D eigenvalue weighted by molar-refractivity contribution is 5.85. The molecule has 0 fully saturated rings. The number of benzene rings is 2. The minimum absolute atomic E-state index is 0. The Morgan fingerprint density at radius 1 is 0.875 bits per heavy atom. The van der Waals surface area contributed by atoms with Crippen molar-refractivity contribution in [2.24, 2.45) is 0 Å². The van der Waals surface area contributed by atoms with Crippen LogP contribution in [0.2, 0.25) is 0 Å². The summed E-state index contributed by atoms with van der Waals surface area (Å²) in [6, 6.07) is 17.2. The molecule has 3 aromatic rings. The van der Waals surface area contributed by atoms with Gasteiger partial charge in [-0.05, 0) is 29.5 Å². The molecule has 24 heavy (non-hydrogen) atoms. The molecule has 2 aromatic carbocycles. The Morgan fingerprint density at radius 3 is 2.12 bits per heavy atom. The van der Waals surface area contributed by atoms with Gasteiger partial charge in [0.2, 0.25) is 0 Å². The Bertz CT molecular complexity index is 806. The van der Waals surface area contributed by atoms with Gasteiger partial charge in [0.15, 0.2) is 0 Å². The number of rotatable bonds is 3. The predicted octanol–water partition coefficient (Wildman–Crippen LogP) is 5.62. The normalized spacial score (nSPS) is 13.0. The quantitative estimate of drug-likeness (QED) is 0.607. The van der Waals surface area contributed by atoms with E-state index in [4.69, 9.17) is 4.98 Å². The van der Waals surface area contributed by atoms with Gasteiger partial charge in [0.25, 0.3) is 0 Å². The van der Waals surface area contributed by atoms with Crippen LogP contribution in [-0.4, -0.2) is 9.55 Å². The van der Waals surface area contributed by atoms with Gasteiger partial charge >= 0.3 is 0 Å². The van der Waals surface area contributed by atoms with E-state index in [1.165, 1.54) is 35.4 Å². The molecule has 4 rings (SSSR count). The van der Waals surface area contributed by atoms with Crippen LogP contribution < -0.4 is 0 Å². The first kappa shape index (κ1) is 16.5.